The Balaban J connectivity index is 0.00000144. The van der Waals surface area contributed by atoms with Gasteiger partial charge in [0, 0.05) is 13.1 Å². The van der Waals surface area contributed by atoms with E-state index in [1.807, 2.05) is 0 Å². The van der Waals surface area contributed by atoms with Crippen LogP contribution in [0, 0.1) is 5.92 Å². The molecule has 0 amide bonds. The third kappa shape index (κ3) is 3.13. The molecule has 1 saturated heterocycles. The molecule has 2 heterocycles. The number of rotatable bonds is 3. The van der Waals surface area contributed by atoms with E-state index in [9.17, 15) is 8.42 Å². The van der Waals surface area contributed by atoms with Crippen molar-refractivity contribution in [2.45, 2.75) is 10.6 Å². The zero-order valence-electron chi connectivity index (χ0n) is 9.00. The summed E-state index contributed by atoms with van der Waals surface area (Å²) in [7, 11) is -3.35. The Morgan fingerprint density at radius 3 is 2.71 bits per heavy atom. The third-order valence-electron chi connectivity index (χ3n) is 2.72. The molecule has 98 valence electrons. The third-order valence-corrected chi connectivity index (χ3v) is 6.29. The summed E-state index contributed by atoms with van der Waals surface area (Å²) in [6.45, 7) is 1.62. The molecule has 1 aromatic rings. The Kier molecular flexibility index (Phi) is 5.24. The second-order valence-corrected chi connectivity index (χ2v) is 7.69. The fourth-order valence-electron chi connectivity index (χ4n) is 1.77. The lowest BCUT2D eigenvalue weighted by Gasteiger charge is -2.14. The first-order chi connectivity index (χ1) is 7.54. The summed E-state index contributed by atoms with van der Waals surface area (Å²) < 4.78 is 26.6. The highest BCUT2D eigenvalue weighted by molar-refractivity contribution is 7.91. The zero-order chi connectivity index (χ0) is 11.8. The van der Waals surface area contributed by atoms with Gasteiger partial charge in [0.25, 0.3) is 10.0 Å². The molecule has 17 heavy (non-hydrogen) atoms. The van der Waals surface area contributed by atoms with E-state index in [4.69, 9.17) is 17.3 Å². The minimum Gasteiger partial charge on any atom is -0.330 e. The first-order valence-corrected chi connectivity index (χ1v) is 7.63. The fraction of sp³-hybridized carbons (Fsp3) is 0.556. The van der Waals surface area contributed by atoms with Crippen molar-refractivity contribution in [2.75, 3.05) is 19.6 Å². The van der Waals surface area contributed by atoms with Gasteiger partial charge in [0.05, 0.1) is 4.34 Å². The lowest BCUT2D eigenvalue weighted by molar-refractivity contribution is 0.460. The van der Waals surface area contributed by atoms with E-state index in [-0.39, 0.29) is 18.3 Å². The Bertz CT molecular complexity index is 475. The summed E-state index contributed by atoms with van der Waals surface area (Å²) in [6, 6.07) is 3.16. The molecule has 4 nitrogen and oxygen atoms in total. The molecular formula is C9H14Cl2N2O2S2. The molecule has 1 fully saturated rings. The first-order valence-electron chi connectivity index (χ1n) is 4.99. The van der Waals surface area contributed by atoms with Crippen LogP contribution in [-0.2, 0) is 10.0 Å². The molecule has 2 rings (SSSR count). The summed E-state index contributed by atoms with van der Waals surface area (Å²) in [5.74, 6) is 0.283. The van der Waals surface area contributed by atoms with Crippen LogP contribution < -0.4 is 5.73 Å². The minimum atomic E-state index is -3.35. The molecule has 1 atom stereocenters. The maximum Gasteiger partial charge on any atom is 0.252 e. The molecule has 0 radical (unpaired) electrons. The van der Waals surface area contributed by atoms with E-state index in [2.05, 4.69) is 0 Å². The van der Waals surface area contributed by atoms with Crippen LogP contribution in [0.1, 0.15) is 6.42 Å². The second kappa shape index (κ2) is 5.86. The standard InChI is InChI=1S/C9H13ClN2O2S2.ClH/c10-8-1-2-9(15-8)16(13,14)12-4-3-7(5-11)6-12;/h1-2,7H,3-6,11H2;1H. The van der Waals surface area contributed by atoms with E-state index < -0.39 is 10.0 Å². The van der Waals surface area contributed by atoms with Gasteiger partial charge in [0.1, 0.15) is 4.21 Å². The van der Waals surface area contributed by atoms with Gasteiger partial charge in [-0.15, -0.1) is 23.7 Å². The molecule has 8 heteroatoms. The van der Waals surface area contributed by atoms with Crippen LogP contribution in [0.25, 0.3) is 0 Å². The van der Waals surface area contributed by atoms with Crippen LogP contribution in [-0.4, -0.2) is 32.4 Å². The molecule has 0 aliphatic carbocycles. The van der Waals surface area contributed by atoms with Crippen LogP contribution >= 0.6 is 35.3 Å². The summed E-state index contributed by atoms with van der Waals surface area (Å²) >= 11 is 6.84. The number of thiophene rings is 1. The highest BCUT2D eigenvalue weighted by Crippen LogP contribution is 2.30. The number of hydrogen-bond acceptors (Lipinski definition) is 4. The molecule has 1 aromatic heterocycles. The summed E-state index contributed by atoms with van der Waals surface area (Å²) in [4.78, 5) is 0. The minimum absolute atomic E-state index is 0. The predicted octanol–water partition coefficient (Wildman–Crippen LogP) is 1.79. The van der Waals surface area contributed by atoms with Crippen molar-refractivity contribution in [3.8, 4) is 0 Å². The quantitative estimate of drug-likeness (QED) is 0.924. The maximum atomic E-state index is 12.1. The largest absolute Gasteiger partial charge is 0.330 e. The SMILES string of the molecule is Cl.NCC1CCN(S(=O)(=O)c2ccc(Cl)s2)C1. The highest BCUT2D eigenvalue weighted by Gasteiger charge is 2.32. The molecule has 2 N–H and O–H groups in total. The second-order valence-electron chi connectivity index (χ2n) is 3.81. The molecule has 1 unspecified atom stereocenters. The van der Waals surface area contributed by atoms with Crippen LogP contribution in [0.5, 0.6) is 0 Å². The first kappa shape index (κ1) is 15.2. The normalized spacial score (nSPS) is 21.4. The average molecular weight is 317 g/mol. The highest BCUT2D eigenvalue weighted by atomic mass is 35.5. The van der Waals surface area contributed by atoms with Crippen molar-refractivity contribution in [3.05, 3.63) is 16.5 Å². The van der Waals surface area contributed by atoms with Gasteiger partial charge in [-0.05, 0) is 31.0 Å². The van der Waals surface area contributed by atoms with E-state index in [1.54, 1.807) is 12.1 Å². The number of halogens is 2. The molecule has 1 aliphatic rings. The number of sulfonamides is 1. The van der Waals surface area contributed by atoms with Crippen molar-refractivity contribution in [3.63, 3.8) is 0 Å². The Morgan fingerprint density at radius 1 is 1.53 bits per heavy atom. The molecule has 0 spiro atoms. The maximum absolute atomic E-state index is 12.1. The topological polar surface area (TPSA) is 63.4 Å². The van der Waals surface area contributed by atoms with Gasteiger partial charge in [-0.1, -0.05) is 11.6 Å². The van der Waals surface area contributed by atoms with Gasteiger partial charge in [-0.2, -0.15) is 4.31 Å². The number of nitrogens with two attached hydrogens (primary N) is 1. The van der Waals surface area contributed by atoms with Gasteiger partial charge >= 0.3 is 0 Å². The Labute approximate surface area is 116 Å². The van der Waals surface area contributed by atoms with Gasteiger partial charge in [0.15, 0.2) is 0 Å². The summed E-state index contributed by atoms with van der Waals surface area (Å²) in [5, 5.41) is 0. The average Bonchev–Trinajstić information content (AvgIpc) is 2.85. The van der Waals surface area contributed by atoms with Crippen molar-refractivity contribution in [1.82, 2.24) is 4.31 Å². The smallest absolute Gasteiger partial charge is 0.252 e. The van der Waals surface area contributed by atoms with Crippen LogP contribution in [0.3, 0.4) is 0 Å². The van der Waals surface area contributed by atoms with Gasteiger partial charge in [-0.25, -0.2) is 8.42 Å². The monoisotopic (exact) mass is 316 g/mol. The summed E-state index contributed by atoms with van der Waals surface area (Å²) in [5.41, 5.74) is 5.54. The molecule has 0 saturated carbocycles. The van der Waals surface area contributed by atoms with Crippen molar-refractivity contribution < 1.29 is 8.42 Å². The molecular weight excluding hydrogens is 303 g/mol. The van der Waals surface area contributed by atoms with Gasteiger partial charge < -0.3 is 5.73 Å². The fourth-order valence-corrected chi connectivity index (χ4v) is 4.94. The van der Waals surface area contributed by atoms with Crippen molar-refractivity contribution in [1.29, 1.82) is 0 Å². The van der Waals surface area contributed by atoms with Crippen molar-refractivity contribution in [2.24, 2.45) is 11.7 Å². The Morgan fingerprint density at radius 2 is 2.24 bits per heavy atom. The van der Waals surface area contributed by atoms with Crippen molar-refractivity contribution >= 4 is 45.4 Å². The molecule has 0 aromatic carbocycles. The van der Waals surface area contributed by atoms with Crippen LogP contribution in [0.15, 0.2) is 16.3 Å². The Hall–Kier alpha value is 0.150. The number of hydrogen-bond donors (Lipinski definition) is 1. The van der Waals surface area contributed by atoms with E-state index >= 15 is 0 Å². The van der Waals surface area contributed by atoms with E-state index in [1.165, 1.54) is 4.31 Å². The van der Waals surface area contributed by atoms with E-state index in [0.717, 1.165) is 17.8 Å². The molecule has 0 bridgehead atoms. The number of nitrogens with zero attached hydrogens (tertiary/aromatic N) is 1. The molecule has 1 aliphatic heterocycles. The van der Waals surface area contributed by atoms with Gasteiger partial charge in [-0.3, -0.25) is 0 Å². The predicted molar refractivity (Wildman–Crippen MR) is 72.5 cm³/mol. The lowest BCUT2D eigenvalue weighted by Crippen LogP contribution is -2.29. The zero-order valence-corrected chi connectivity index (χ0v) is 12.2. The van der Waals surface area contributed by atoms with Crippen LogP contribution in [0.2, 0.25) is 4.34 Å². The van der Waals surface area contributed by atoms with Gasteiger partial charge in [0.2, 0.25) is 0 Å². The van der Waals surface area contributed by atoms with E-state index in [0.29, 0.717) is 28.2 Å². The van der Waals surface area contributed by atoms with Crippen LogP contribution in [0.4, 0.5) is 0 Å². The lowest BCUT2D eigenvalue weighted by atomic mass is 10.1. The summed E-state index contributed by atoms with van der Waals surface area (Å²) in [6.07, 6.45) is 0.842.